The van der Waals surface area contributed by atoms with Crippen LogP contribution in [0.3, 0.4) is 0 Å². The van der Waals surface area contributed by atoms with Gasteiger partial charge < -0.3 is 65.6 Å². The van der Waals surface area contributed by atoms with Crippen LogP contribution >= 0.6 is 0 Å². The highest BCUT2D eigenvalue weighted by molar-refractivity contribution is 7.85. The van der Waals surface area contributed by atoms with Crippen molar-refractivity contribution in [2.45, 2.75) is 152 Å². The van der Waals surface area contributed by atoms with Crippen LogP contribution in [0.5, 0.6) is 17.2 Å². The van der Waals surface area contributed by atoms with E-state index in [1.807, 2.05) is 46.8 Å². The summed E-state index contributed by atoms with van der Waals surface area (Å²) in [7, 11) is -3.40. The summed E-state index contributed by atoms with van der Waals surface area (Å²) in [4.78, 5) is 64.4. The zero-order chi connectivity index (χ0) is 62.2. The maximum atomic E-state index is 11.4. The molecule has 28 heteroatoms. The lowest BCUT2D eigenvalue weighted by Gasteiger charge is -2.19. The zero-order valence-corrected chi connectivity index (χ0v) is 50.5. The molecule has 3 rings (SSSR count). The molecule has 0 bridgehead atoms. The zero-order valence-electron chi connectivity index (χ0n) is 49.7. The van der Waals surface area contributed by atoms with Gasteiger partial charge in [0.1, 0.15) is 39.7 Å². The van der Waals surface area contributed by atoms with Gasteiger partial charge in [0.15, 0.2) is 0 Å². The Labute approximate surface area is 487 Å². The fourth-order valence-electron chi connectivity index (χ4n) is 4.80. The summed E-state index contributed by atoms with van der Waals surface area (Å²) >= 11 is 0. The number of aromatic hydroxyl groups is 1. The Bertz CT molecular complexity index is 2370. The fourth-order valence-corrected chi connectivity index (χ4v) is 5.22. The number of nitrogens with two attached hydrogens (primary N) is 1. The third-order valence-electron chi connectivity index (χ3n) is 7.73. The van der Waals surface area contributed by atoms with E-state index < -0.39 is 66.7 Å². The lowest BCUT2D eigenvalue weighted by molar-refractivity contribution is -0.385. The lowest BCUT2D eigenvalue weighted by atomic mass is 10.2. The number of phenolic OH excluding ortho intramolecular Hbond substituents is 1. The smallest absolute Gasteiger partial charge is 0.407 e. The van der Waals surface area contributed by atoms with Crippen molar-refractivity contribution in [3.63, 3.8) is 0 Å². The van der Waals surface area contributed by atoms with Crippen LogP contribution in [0.25, 0.3) is 0 Å². The van der Waals surface area contributed by atoms with Gasteiger partial charge in [-0.05, 0) is 133 Å². The molecule has 0 atom stereocenters. The summed E-state index contributed by atoms with van der Waals surface area (Å²) in [6.07, 6.45) is 1.38. The number of ether oxygens (including phenoxy) is 6. The Morgan fingerprint density at radius 2 is 0.866 bits per heavy atom. The molecule has 0 fully saturated rings. The van der Waals surface area contributed by atoms with Gasteiger partial charge >= 0.3 is 24.4 Å². The number of carbonyl (C=O) groups is 4. The molecule has 0 aliphatic rings. The highest BCUT2D eigenvalue weighted by atomic mass is 32.2. The van der Waals surface area contributed by atoms with Crippen molar-refractivity contribution in [2.75, 3.05) is 64.6 Å². The molecule has 0 unspecified atom stereocenters. The number of nitrogen functional groups attached to an aromatic ring is 1. The van der Waals surface area contributed by atoms with Gasteiger partial charge in [-0.15, -0.1) is 0 Å². The molecule has 0 aliphatic heterocycles. The summed E-state index contributed by atoms with van der Waals surface area (Å²) in [5, 5.41) is 48.1. The van der Waals surface area contributed by atoms with Crippen LogP contribution < -0.4 is 36.5 Å². The van der Waals surface area contributed by atoms with Crippen LogP contribution in [0.2, 0.25) is 0 Å². The van der Waals surface area contributed by atoms with Gasteiger partial charge in [-0.3, -0.25) is 24.4 Å². The largest absolute Gasteiger partial charge is 0.508 e. The second-order valence-electron chi connectivity index (χ2n) is 20.2. The Morgan fingerprint density at radius 3 is 1.17 bits per heavy atom. The highest BCUT2D eigenvalue weighted by Gasteiger charge is 2.18. The number of amides is 4. The summed E-state index contributed by atoms with van der Waals surface area (Å²) < 4.78 is 56.7. The topological polar surface area (TPSA) is 368 Å². The summed E-state index contributed by atoms with van der Waals surface area (Å²) in [6.45, 7) is 28.2. The third-order valence-corrected chi connectivity index (χ3v) is 8.33. The predicted octanol–water partition coefficient (Wildman–Crippen LogP) is 9.80. The molecule has 0 heterocycles. The number of rotatable bonds is 20. The van der Waals surface area contributed by atoms with E-state index in [-0.39, 0.29) is 46.2 Å². The van der Waals surface area contributed by atoms with E-state index in [2.05, 4.69) is 25.5 Å². The van der Waals surface area contributed by atoms with Crippen molar-refractivity contribution < 1.29 is 80.3 Å². The van der Waals surface area contributed by atoms with Crippen LogP contribution in [0.4, 0.5) is 36.2 Å². The van der Waals surface area contributed by atoms with Crippen LogP contribution in [0.15, 0.2) is 72.8 Å². The van der Waals surface area contributed by atoms with Crippen LogP contribution in [0, 0.1) is 20.2 Å². The first-order chi connectivity index (χ1) is 36.9. The normalized spacial score (nSPS) is 10.5. The van der Waals surface area contributed by atoms with Gasteiger partial charge in [-0.25, -0.2) is 19.2 Å². The molecule has 0 spiro atoms. The lowest BCUT2D eigenvalue weighted by Crippen LogP contribution is -2.33. The van der Waals surface area contributed by atoms with E-state index in [0.717, 1.165) is 18.1 Å². The van der Waals surface area contributed by atoms with Crippen molar-refractivity contribution in [1.29, 1.82) is 0 Å². The van der Waals surface area contributed by atoms with Crippen LogP contribution in [0.1, 0.15) is 130 Å². The molecule has 467 valence electrons. The minimum Gasteiger partial charge on any atom is -0.508 e. The van der Waals surface area contributed by atoms with E-state index in [0.29, 0.717) is 76.5 Å². The van der Waals surface area contributed by atoms with Crippen LogP contribution in [-0.2, 0) is 33.2 Å². The molecule has 26 nitrogen and oxygen atoms in total. The van der Waals surface area contributed by atoms with E-state index in [4.69, 9.17) is 44.4 Å². The third kappa shape index (κ3) is 57.4. The molecule has 0 saturated carbocycles. The second kappa shape index (κ2) is 44.3. The van der Waals surface area contributed by atoms with Gasteiger partial charge in [-0.2, -0.15) is 8.42 Å². The molecule has 0 saturated heterocycles. The minimum atomic E-state index is -3.40. The van der Waals surface area contributed by atoms with Gasteiger partial charge in [0.05, 0.1) is 48.1 Å². The van der Waals surface area contributed by atoms with E-state index >= 15 is 0 Å². The molecule has 0 aliphatic carbocycles. The first-order valence-corrected chi connectivity index (χ1v) is 27.3. The van der Waals surface area contributed by atoms with Crippen molar-refractivity contribution in [3.05, 3.63) is 93.0 Å². The maximum absolute atomic E-state index is 11.4. The monoisotopic (exact) mass is 1190 g/mol. The molecule has 3 aromatic rings. The number of benzene rings is 3. The maximum Gasteiger partial charge on any atom is 0.407 e. The summed E-state index contributed by atoms with van der Waals surface area (Å²) in [5.41, 5.74) is 4.21. The van der Waals surface area contributed by atoms with Crippen LogP contribution in [-0.4, -0.2) is 143 Å². The summed E-state index contributed by atoms with van der Waals surface area (Å²) in [6, 6.07) is 18.4. The Hall–Kier alpha value is -7.33. The van der Waals surface area contributed by atoms with Gasteiger partial charge in [0.25, 0.3) is 21.5 Å². The molecule has 8 N–H and O–H groups in total. The average molecular weight is 1190 g/mol. The minimum absolute atomic E-state index is 0. The number of alkyl carbamates (subject to hydrolysis) is 4. The number of hydrogen-bond donors (Lipinski definition) is 7. The Kier molecular flexibility index (Phi) is 45.2. The number of carbonyl (C=O) groups excluding carboxylic acids is 4. The molecular weight excluding hydrogens is 1090 g/mol. The quantitative estimate of drug-likeness (QED) is 0.0105. The average Bonchev–Trinajstić information content (AvgIpc) is 3.30. The number of nitrogens with one attached hydrogen (secondary N) is 4. The number of non-ortho nitro benzene ring substituents is 2. The molecule has 3 aromatic carbocycles. The number of aliphatic hydroxyl groups is 1. The number of nitrogens with zero attached hydrogens (tertiary/aromatic N) is 2. The van der Waals surface area contributed by atoms with Crippen molar-refractivity contribution in [2.24, 2.45) is 0 Å². The number of phenols is 1. The fraction of sp³-hybridized carbons (Fsp3) is 0.593. The first kappa shape index (κ1) is 83.5. The van der Waals surface area contributed by atoms with Gasteiger partial charge in [0.2, 0.25) is 0 Å². The number of anilines is 1. The van der Waals surface area contributed by atoms with Gasteiger partial charge in [-0.1, -0.05) is 39.5 Å². The number of aliphatic hydroxyl groups excluding tert-OH is 1. The molecule has 3 radical (unpaired) electrons. The molecular formula is C54H93BN7O19S. The van der Waals surface area contributed by atoms with Crippen molar-refractivity contribution in [1.82, 2.24) is 21.3 Å². The first-order valence-electron chi connectivity index (χ1n) is 25.5. The summed E-state index contributed by atoms with van der Waals surface area (Å²) in [5.74, 6) is 1.08. The SMILES string of the molecule is C.CC.CC(C)(C)OC(=O)NCCCO.CC(C)(C)OC(=O)NCCCOS(C)(=O)=O.CC(C)(C)OC(=O)NCCCOc1cccc(N)c1.CC(C)(C)OC(=O)NCCCOc1cccc([N+](=O)[O-])c1.O=[N+]([O-])c1cccc(O)c1.[B]. The predicted molar refractivity (Wildman–Crippen MR) is 317 cm³/mol. The Balaban J connectivity index is -0.000000303. The highest BCUT2D eigenvalue weighted by Crippen LogP contribution is 2.20. The van der Waals surface area contributed by atoms with Crippen molar-refractivity contribution >= 4 is 60.0 Å². The van der Waals surface area contributed by atoms with E-state index in [9.17, 15) is 47.8 Å². The van der Waals surface area contributed by atoms with E-state index in [1.165, 1.54) is 30.3 Å². The molecule has 0 aromatic heterocycles. The molecule has 82 heavy (non-hydrogen) atoms. The van der Waals surface area contributed by atoms with Gasteiger partial charge in [0, 0.05) is 65.1 Å². The van der Waals surface area contributed by atoms with E-state index in [1.54, 1.807) is 86.6 Å². The van der Waals surface area contributed by atoms with Crippen molar-refractivity contribution in [3.8, 4) is 17.2 Å². The number of nitro benzene ring substituents is 2. The molecule has 4 amide bonds. The standard InChI is InChI=1S/C14H20N2O5.C14H22N2O3.C9H19NO5S.C8H17NO3.C6H5NO3.C2H6.CH4.B/c1-14(2,3)21-13(17)15-8-5-9-20-12-7-4-6-11(10-12)16(18)19;1-14(2,3)19-13(17)16-8-5-9-18-12-7-4-6-11(15)10-12;1-9(2,3)15-8(11)10-6-5-7-14-16(4,12)13;1-8(2,3)12-7(11)9-5-4-6-10;8-6-3-1-2-5(4-6)7(9)10;1-2;;/h4,6-7,10H,5,8-9H2,1-3H3,(H,15,17);4,6-7,10H,5,8-9,15H2,1-3H3,(H,16,17);5-7H2,1-4H3,(H,10,11);10H,4-6H2,1-3H3,(H,9,11);1-4,8H;1-2H3;1H4;. The number of nitro groups is 2. The number of hydrogen-bond acceptors (Lipinski definition) is 20. The second-order valence-corrected chi connectivity index (χ2v) is 21.8. The Morgan fingerprint density at radius 1 is 0.549 bits per heavy atom.